The molecular formula is C21H14BrClN2O2. The quantitative estimate of drug-likeness (QED) is 0.396. The molecule has 1 aromatic heterocycles. The molecule has 4 aromatic rings. The number of oxazole rings is 1. The second-order valence-electron chi connectivity index (χ2n) is 6.13. The third-order valence-corrected chi connectivity index (χ3v) is 5.05. The molecule has 0 saturated carbocycles. The molecule has 0 aliphatic heterocycles. The van der Waals surface area contributed by atoms with Crippen molar-refractivity contribution in [1.82, 2.24) is 4.98 Å². The van der Waals surface area contributed by atoms with Crippen molar-refractivity contribution >= 4 is 50.2 Å². The third-order valence-electron chi connectivity index (χ3n) is 4.15. The van der Waals surface area contributed by atoms with Gasteiger partial charge < -0.3 is 9.73 Å². The summed E-state index contributed by atoms with van der Waals surface area (Å²) in [4.78, 5) is 17.0. The molecule has 0 atom stereocenters. The largest absolute Gasteiger partial charge is 0.436 e. The first-order valence-corrected chi connectivity index (χ1v) is 9.41. The average molecular weight is 442 g/mol. The molecule has 3 aromatic carbocycles. The number of hydrogen-bond acceptors (Lipinski definition) is 3. The summed E-state index contributed by atoms with van der Waals surface area (Å²) >= 11 is 9.55. The number of fused-ring (bicyclic) bond motifs is 1. The lowest BCUT2D eigenvalue weighted by molar-refractivity contribution is 0.102. The number of carbonyl (C=O) groups excluding carboxylic acids is 1. The minimum Gasteiger partial charge on any atom is -0.436 e. The Balaban J connectivity index is 1.61. The second-order valence-corrected chi connectivity index (χ2v) is 7.45. The summed E-state index contributed by atoms with van der Waals surface area (Å²) in [5.41, 5.74) is 4.27. The predicted molar refractivity (Wildman–Crippen MR) is 111 cm³/mol. The molecule has 0 spiro atoms. The van der Waals surface area contributed by atoms with E-state index in [1.165, 1.54) is 0 Å². The fourth-order valence-electron chi connectivity index (χ4n) is 2.69. The van der Waals surface area contributed by atoms with Crippen LogP contribution in [0.5, 0.6) is 0 Å². The number of amides is 1. The van der Waals surface area contributed by atoms with E-state index in [1.54, 1.807) is 30.3 Å². The van der Waals surface area contributed by atoms with E-state index in [0.717, 1.165) is 15.6 Å². The van der Waals surface area contributed by atoms with Gasteiger partial charge in [0.25, 0.3) is 5.91 Å². The lowest BCUT2D eigenvalue weighted by Crippen LogP contribution is -2.11. The maximum absolute atomic E-state index is 12.5. The van der Waals surface area contributed by atoms with Crippen LogP contribution >= 0.6 is 27.5 Å². The van der Waals surface area contributed by atoms with Crippen molar-refractivity contribution in [2.24, 2.45) is 0 Å². The number of nitrogens with zero attached hydrogens (tertiary/aromatic N) is 1. The number of rotatable bonds is 3. The van der Waals surface area contributed by atoms with Gasteiger partial charge in [0.05, 0.1) is 0 Å². The number of aryl methyl sites for hydroxylation is 1. The van der Waals surface area contributed by atoms with Crippen LogP contribution in [0, 0.1) is 6.92 Å². The van der Waals surface area contributed by atoms with Gasteiger partial charge in [0, 0.05) is 26.3 Å². The molecule has 0 unspecified atom stereocenters. The molecule has 4 rings (SSSR count). The molecule has 0 bridgehead atoms. The SMILES string of the molecule is Cc1ccc(C(=O)Nc2ccc3oc(-c4cccc(Br)c4)nc3c2)cc1Cl. The van der Waals surface area contributed by atoms with Gasteiger partial charge in [-0.1, -0.05) is 39.7 Å². The third kappa shape index (κ3) is 3.75. The number of nitrogens with one attached hydrogen (secondary N) is 1. The zero-order valence-electron chi connectivity index (χ0n) is 14.3. The number of hydrogen-bond donors (Lipinski definition) is 1. The van der Waals surface area contributed by atoms with Crippen molar-refractivity contribution in [1.29, 1.82) is 0 Å². The fourth-order valence-corrected chi connectivity index (χ4v) is 3.27. The Morgan fingerprint density at radius 2 is 1.96 bits per heavy atom. The van der Waals surface area contributed by atoms with E-state index in [0.29, 0.717) is 33.3 Å². The highest BCUT2D eigenvalue weighted by Gasteiger charge is 2.12. The Labute approximate surface area is 169 Å². The molecule has 134 valence electrons. The highest BCUT2D eigenvalue weighted by molar-refractivity contribution is 9.10. The van der Waals surface area contributed by atoms with Crippen LogP contribution < -0.4 is 5.32 Å². The van der Waals surface area contributed by atoms with Crippen LogP contribution in [0.4, 0.5) is 5.69 Å². The zero-order valence-corrected chi connectivity index (χ0v) is 16.6. The second kappa shape index (κ2) is 7.18. The average Bonchev–Trinajstić information content (AvgIpc) is 3.07. The first-order valence-electron chi connectivity index (χ1n) is 8.23. The molecule has 0 aliphatic carbocycles. The molecule has 0 saturated heterocycles. The van der Waals surface area contributed by atoms with Gasteiger partial charge in [-0.3, -0.25) is 4.79 Å². The van der Waals surface area contributed by atoms with Crippen LogP contribution in [0.15, 0.2) is 69.6 Å². The summed E-state index contributed by atoms with van der Waals surface area (Å²) in [6.45, 7) is 1.89. The van der Waals surface area contributed by atoms with Gasteiger partial charge in [0.1, 0.15) is 5.52 Å². The van der Waals surface area contributed by atoms with Gasteiger partial charge in [0.15, 0.2) is 5.58 Å². The molecule has 0 aliphatic rings. The van der Waals surface area contributed by atoms with Crippen LogP contribution in [-0.2, 0) is 0 Å². The Bertz CT molecular complexity index is 1170. The minimum atomic E-state index is -0.230. The van der Waals surface area contributed by atoms with Crippen molar-refractivity contribution in [3.05, 3.63) is 81.3 Å². The van der Waals surface area contributed by atoms with Crippen molar-refractivity contribution in [3.63, 3.8) is 0 Å². The van der Waals surface area contributed by atoms with Crippen molar-refractivity contribution in [2.45, 2.75) is 6.92 Å². The van der Waals surface area contributed by atoms with Crippen LogP contribution in [0.2, 0.25) is 5.02 Å². The Morgan fingerprint density at radius 1 is 1.11 bits per heavy atom. The topological polar surface area (TPSA) is 55.1 Å². The van der Waals surface area contributed by atoms with E-state index >= 15 is 0 Å². The van der Waals surface area contributed by atoms with Gasteiger partial charge >= 0.3 is 0 Å². The van der Waals surface area contributed by atoms with Gasteiger partial charge in [-0.05, 0) is 61.0 Å². The van der Waals surface area contributed by atoms with E-state index in [-0.39, 0.29) is 5.91 Å². The van der Waals surface area contributed by atoms with Crippen LogP contribution in [0.1, 0.15) is 15.9 Å². The van der Waals surface area contributed by atoms with E-state index in [1.807, 2.05) is 37.3 Å². The van der Waals surface area contributed by atoms with Crippen molar-refractivity contribution in [3.8, 4) is 11.5 Å². The normalized spacial score (nSPS) is 10.9. The lowest BCUT2D eigenvalue weighted by atomic mass is 10.1. The maximum Gasteiger partial charge on any atom is 0.255 e. The van der Waals surface area contributed by atoms with Gasteiger partial charge in [0.2, 0.25) is 5.89 Å². The summed E-state index contributed by atoms with van der Waals surface area (Å²) in [6.07, 6.45) is 0. The highest BCUT2D eigenvalue weighted by Crippen LogP contribution is 2.28. The minimum absolute atomic E-state index is 0.230. The van der Waals surface area contributed by atoms with Gasteiger partial charge in [-0.2, -0.15) is 0 Å². The van der Waals surface area contributed by atoms with E-state index in [2.05, 4.69) is 26.2 Å². The Kier molecular flexibility index (Phi) is 4.72. The molecule has 6 heteroatoms. The van der Waals surface area contributed by atoms with E-state index in [9.17, 15) is 4.79 Å². The molecule has 1 N–H and O–H groups in total. The van der Waals surface area contributed by atoms with Crippen LogP contribution in [0.3, 0.4) is 0 Å². The zero-order chi connectivity index (χ0) is 19.0. The first kappa shape index (κ1) is 17.8. The highest BCUT2D eigenvalue weighted by atomic mass is 79.9. The Hall–Kier alpha value is -2.63. The molecule has 1 heterocycles. The smallest absolute Gasteiger partial charge is 0.255 e. The lowest BCUT2D eigenvalue weighted by Gasteiger charge is -2.06. The Morgan fingerprint density at radius 3 is 2.74 bits per heavy atom. The molecule has 27 heavy (non-hydrogen) atoms. The number of halogens is 2. The molecular weight excluding hydrogens is 428 g/mol. The van der Waals surface area contributed by atoms with Crippen molar-refractivity contribution in [2.75, 3.05) is 5.32 Å². The summed E-state index contributed by atoms with van der Waals surface area (Å²) < 4.78 is 6.77. The molecule has 0 fully saturated rings. The fraction of sp³-hybridized carbons (Fsp3) is 0.0476. The maximum atomic E-state index is 12.5. The predicted octanol–water partition coefficient (Wildman–Crippen LogP) is 6.47. The van der Waals surface area contributed by atoms with E-state index in [4.69, 9.17) is 16.0 Å². The number of benzene rings is 3. The molecule has 4 nitrogen and oxygen atoms in total. The standard InChI is InChI=1S/C21H14BrClN2O2/c1-12-5-6-13(10-17(12)23)20(26)24-16-7-8-19-18(11-16)25-21(27-19)14-3-2-4-15(22)9-14/h2-11H,1H3,(H,24,26). The summed E-state index contributed by atoms with van der Waals surface area (Å²) in [6, 6.07) is 18.3. The van der Waals surface area contributed by atoms with Gasteiger partial charge in [-0.15, -0.1) is 0 Å². The monoisotopic (exact) mass is 440 g/mol. The van der Waals surface area contributed by atoms with Crippen LogP contribution in [-0.4, -0.2) is 10.9 Å². The number of carbonyl (C=O) groups is 1. The molecule has 0 radical (unpaired) electrons. The summed E-state index contributed by atoms with van der Waals surface area (Å²) in [5.74, 6) is 0.298. The van der Waals surface area contributed by atoms with Crippen LogP contribution in [0.25, 0.3) is 22.6 Å². The molecule has 1 amide bonds. The first-order chi connectivity index (χ1) is 13.0. The van der Waals surface area contributed by atoms with E-state index < -0.39 is 0 Å². The summed E-state index contributed by atoms with van der Waals surface area (Å²) in [7, 11) is 0. The van der Waals surface area contributed by atoms with Gasteiger partial charge in [-0.25, -0.2) is 4.98 Å². The van der Waals surface area contributed by atoms with Crippen molar-refractivity contribution < 1.29 is 9.21 Å². The number of aromatic nitrogens is 1. The number of anilines is 1. The summed E-state index contributed by atoms with van der Waals surface area (Å²) in [5, 5.41) is 3.43.